The van der Waals surface area contributed by atoms with E-state index in [4.69, 9.17) is 16.3 Å². The number of nitrogens with zero attached hydrogens (tertiary/aromatic N) is 1. The number of aryl methyl sites for hydroxylation is 1. The standard InChI is InChI=1S/C12H17ClN2O3/c1-8-5-10(14-7-12(2,3)18-4)9(13)6-11(8)15(16)17/h5-6,14H,7H2,1-4H3. The molecular formula is C12H17ClN2O3. The SMILES string of the molecule is COC(C)(C)CNc1cc(C)c([N+](=O)[O-])cc1Cl. The highest BCUT2D eigenvalue weighted by atomic mass is 35.5. The second-order valence-corrected chi connectivity index (χ2v) is 5.10. The molecule has 0 saturated heterocycles. The van der Waals surface area contributed by atoms with Crippen molar-refractivity contribution in [2.24, 2.45) is 0 Å². The van der Waals surface area contributed by atoms with Crippen LogP contribution in [0.2, 0.25) is 5.02 Å². The third-order valence-electron chi connectivity index (χ3n) is 2.74. The molecule has 0 saturated carbocycles. The number of methoxy groups -OCH3 is 1. The molecule has 6 heteroatoms. The van der Waals surface area contributed by atoms with Gasteiger partial charge in [-0.3, -0.25) is 10.1 Å². The molecule has 0 atom stereocenters. The Hall–Kier alpha value is -1.33. The fourth-order valence-electron chi connectivity index (χ4n) is 1.38. The topological polar surface area (TPSA) is 64.4 Å². The van der Waals surface area contributed by atoms with Crippen molar-refractivity contribution in [1.29, 1.82) is 0 Å². The first kappa shape index (κ1) is 14.7. The smallest absolute Gasteiger partial charge is 0.273 e. The van der Waals surface area contributed by atoms with Crippen LogP contribution in [0.1, 0.15) is 19.4 Å². The van der Waals surface area contributed by atoms with E-state index in [0.29, 0.717) is 22.8 Å². The number of halogens is 1. The van der Waals surface area contributed by atoms with Gasteiger partial charge in [0.05, 0.1) is 21.2 Å². The lowest BCUT2D eigenvalue weighted by molar-refractivity contribution is -0.385. The van der Waals surface area contributed by atoms with E-state index < -0.39 is 4.92 Å². The first-order valence-electron chi connectivity index (χ1n) is 5.50. The van der Waals surface area contributed by atoms with E-state index in [2.05, 4.69) is 5.32 Å². The van der Waals surface area contributed by atoms with Gasteiger partial charge < -0.3 is 10.1 Å². The van der Waals surface area contributed by atoms with Crippen LogP contribution in [-0.2, 0) is 4.74 Å². The fraction of sp³-hybridized carbons (Fsp3) is 0.500. The maximum atomic E-state index is 10.8. The zero-order valence-corrected chi connectivity index (χ0v) is 11.7. The summed E-state index contributed by atoms with van der Waals surface area (Å²) in [4.78, 5) is 10.3. The molecule has 1 rings (SSSR count). The van der Waals surface area contributed by atoms with Gasteiger partial charge in [-0.25, -0.2) is 0 Å². The number of hydrogen-bond acceptors (Lipinski definition) is 4. The molecule has 1 aromatic carbocycles. The number of nitrogens with one attached hydrogen (secondary N) is 1. The van der Waals surface area contributed by atoms with Crippen LogP contribution < -0.4 is 5.32 Å². The van der Waals surface area contributed by atoms with Gasteiger partial charge in [-0.15, -0.1) is 0 Å². The van der Waals surface area contributed by atoms with E-state index in [1.54, 1.807) is 20.1 Å². The van der Waals surface area contributed by atoms with Crippen LogP contribution in [0.4, 0.5) is 11.4 Å². The predicted octanol–water partition coefficient (Wildman–Crippen LogP) is 3.39. The molecule has 0 unspecified atom stereocenters. The Labute approximate surface area is 111 Å². The van der Waals surface area contributed by atoms with Gasteiger partial charge in [-0.05, 0) is 26.8 Å². The molecule has 0 spiro atoms. The summed E-state index contributed by atoms with van der Waals surface area (Å²) in [5.74, 6) is 0. The van der Waals surface area contributed by atoms with Crippen molar-refractivity contribution in [1.82, 2.24) is 0 Å². The number of nitro benzene ring substituents is 1. The monoisotopic (exact) mass is 272 g/mol. The molecule has 18 heavy (non-hydrogen) atoms. The van der Waals surface area contributed by atoms with Crippen molar-refractivity contribution >= 4 is 23.0 Å². The molecule has 0 fully saturated rings. The molecule has 0 bridgehead atoms. The lowest BCUT2D eigenvalue weighted by atomic mass is 10.1. The first-order valence-corrected chi connectivity index (χ1v) is 5.88. The Kier molecular flexibility index (Phi) is 4.53. The zero-order valence-electron chi connectivity index (χ0n) is 10.9. The van der Waals surface area contributed by atoms with E-state index in [9.17, 15) is 10.1 Å². The number of anilines is 1. The summed E-state index contributed by atoms with van der Waals surface area (Å²) in [5, 5.41) is 14.2. The van der Waals surface area contributed by atoms with E-state index in [-0.39, 0.29) is 11.3 Å². The first-order chi connectivity index (χ1) is 8.26. The van der Waals surface area contributed by atoms with E-state index in [1.807, 2.05) is 13.8 Å². The van der Waals surface area contributed by atoms with Gasteiger partial charge in [0.1, 0.15) is 0 Å². The second kappa shape index (κ2) is 5.54. The maximum Gasteiger partial charge on any atom is 0.273 e. The summed E-state index contributed by atoms with van der Waals surface area (Å²) in [7, 11) is 1.63. The highest BCUT2D eigenvalue weighted by Gasteiger charge is 2.18. The van der Waals surface area contributed by atoms with Crippen molar-refractivity contribution < 1.29 is 9.66 Å². The molecule has 0 aliphatic carbocycles. The number of hydrogen-bond donors (Lipinski definition) is 1. The Morgan fingerprint density at radius 1 is 1.50 bits per heavy atom. The van der Waals surface area contributed by atoms with Gasteiger partial charge in [0.15, 0.2) is 0 Å². The Bertz CT molecular complexity index is 461. The van der Waals surface area contributed by atoms with Gasteiger partial charge in [-0.2, -0.15) is 0 Å². The lowest BCUT2D eigenvalue weighted by Gasteiger charge is -2.24. The lowest BCUT2D eigenvalue weighted by Crippen LogP contribution is -2.32. The highest BCUT2D eigenvalue weighted by Crippen LogP contribution is 2.30. The number of nitro groups is 1. The minimum atomic E-state index is -0.440. The fourth-order valence-corrected chi connectivity index (χ4v) is 1.61. The van der Waals surface area contributed by atoms with E-state index >= 15 is 0 Å². The average molecular weight is 273 g/mol. The van der Waals surface area contributed by atoms with Crippen molar-refractivity contribution in [2.75, 3.05) is 19.0 Å². The molecule has 5 nitrogen and oxygen atoms in total. The van der Waals surface area contributed by atoms with Crippen molar-refractivity contribution in [3.8, 4) is 0 Å². The van der Waals surface area contributed by atoms with Crippen molar-refractivity contribution in [3.05, 3.63) is 32.8 Å². The number of benzene rings is 1. The van der Waals surface area contributed by atoms with Crippen LogP contribution in [0, 0.1) is 17.0 Å². The molecule has 0 amide bonds. The van der Waals surface area contributed by atoms with Gasteiger partial charge in [0.25, 0.3) is 5.69 Å². The minimum Gasteiger partial charge on any atom is -0.381 e. The van der Waals surface area contributed by atoms with Crippen molar-refractivity contribution in [3.63, 3.8) is 0 Å². The predicted molar refractivity (Wildman–Crippen MR) is 72.4 cm³/mol. The van der Waals surface area contributed by atoms with Gasteiger partial charge in [0.2, 0.25) is 0 Å². The summed E-state index contributed by atoms with van der Waals surface area (Å²) >= 11 is 6.01. The van der Waals surface area contributed by atoms with Crippen LogP contribution in [0.3, 0.4) is 0 Å². The van der Waals surface area contributed by atoms with E-state index in [1.165, 1.54) is 6.07 Å². The molecule has 1 aromatic rings. The molecule has 100 valence electrons. The van der Waals surface area contributed by atoms with Gasteiger partial charge in [0, 0.05) is 25.3 Å². The van der Waals surface area contributed by atoms with Crippen LogP contribution in [0.5, 0.6) is 0 Å². The molecule has 0 radical (unpaired) electrons. The maximum absolute atomic E-state index is 10.8. The molecular weight excluding hydrogens is 256 g/mol. The van der Waals surface area contributed by atoms with Crippen LogP contribution in [-0.4, -0.2) is 24.2 Å². The van der Waals surface area contributed by atoms with E-state index in [0.717, 1.165) is 0 Å². The quantitative estimate of drug-likeness (QED) is 0.659. The summed E-state index contributed by atoms with van der Waals surface area (Å²) in [6, 6.07) is 3.03. The second-order valence-electron chi connectivity index (χ2n) is 4.69. The zero-order chi connectivity index (χ0) is 13.9. The van der Waals surface area contributed by atoms with Crippen molar-refractivity contribution in [2.45, 2.75) is 26.4 Å². The summed E-state index contributed by atoms with van der Waals surface area (Å²) in [6.07, 6.45) is 0. The number of ether oxygens (including phenoxy) is 1. The molecule has 0 heterocycles. The minimum absolute atomic E-state index is 0.0246. The highest BCUT2D eigenvalue weighted by molar-refractivity contribution is 6.33. The Balaban J connectivity index is 2.92. The molecule has 0 aromatic heterocycles. The third kappa shape index (κ3) is 3.58. The van der Waals surface area contributed by atoms with Gasteiger partial charge >= 0.3 is 0 Å². The summed E-state index contributed by atoms with van der Waals surface area (Å²) < 4.78 is 5.28. The normalized spacial score (nSPS) is 11.4. The summed E-state index contributed by atoms with van der Waals surface area (Å²) in [5.41, 5.74) is 0.933. The average Bonchev–Trinajstić information content (AvgIpc) is 2.29. The van der Waals surface area contributed by atoms with Crippen LogP contribution in [0.25, 0.3) is 0 Å². The Morgan fingerprint density at radius 2 is 2.11 bits per heavy atom. The molecule has 0 aliphatic rings. The van der Waals surface area contributed by atoms with Gasteiger partial charge in [-0.1, -0.05) is 11.6 Å². The van der Waals surface area contributed by atoms with Crippen LogP contribution >= 0.6 is 11.6 Å². The Morgan fingerprint density at radius 3 is 2.61 bits per heavy atom. The molecule has 1 N–H and O–H groups in total. The largest absolute Gasteiger partial charge is 0.381 e. The summed E-state index contributed by atoms with van der Waals surface area (Å²) in [6.45, 7) is 6.11. The molecule has 0 aliphatic heterocycles. The van der Waals surface area contributed by atoms with Crippen LogP contribution in [0.15, 0.2) is 12.1 Å². The third-order valence-corrected chi connectivity index (χ3v) is 3.05. The number of rotatable bonds is 5.